The van der Waals surface area contributed by atoms with Crippen molar-refractivity contribution >= 4 is 47.8 Å². The maximum Gasteiger partial charge on any atom is 0.407 e. The molecule has 0 aliphatic carbocycles. The third-order valence-electron chi connectivity index (χ3n) is 5.78. The van der Waals surface area contributed by atoms with Gasteiger partial charge in [-0.1, -0.05) is 51.3 Å². The summed E-state index contributed by atoms with van der Waals surface area (Å²) in [6.07, 6.45) is 7.62. The van der Waals surface area contributed by atoms with Gasteiger partial charge in [-0.2, -0.15) is 15.0 Å². The van der Waals surface area contributed by atoms with Crippen molar-refractivity contribution in [2.45, 2.75) is 59.9 Å². The highest BCUT2D eigenvalue weighted by atomic mass is 17.2. The van der Waals surface area contributed by atoms with Gasteiger partial charge in [0.2, 0.25) is 24.3 Å². The highest BCUT2D eigenvalue weighted by Gasteiger charge is 2.18. The number of esters is 1. The fourth-order valence-electron chi connectivity index (χ4n) is 3.53. The van der Waals surface area contributed by atoms with Gasteiger partial charge in [0.1, 0.15) is 13.2 Å². The molecule has 0 heterocycles. The number of carbonyl (C=O) groups excluding carboxylic acids is 6. The van der Waals surface area contributed by atoms with E-state index in [1.165, 1.54) is 24.3 Å². The van der Waals surface area contributed by atoms with Gasteiger partial charge in [0, 0.05) is 6.42 Å². The largest absolute Gasteiger partial charge is 0.462 e. The molecule has 0 spiro atoms. The zero-order valence-electron chi connectivity index (χ0n) is 26.6. The van der Waals surface area contributed by atoms with Crippen molar-refractivity contribution in [3.8, 4) is 0 Å². The number of rotatable bonds is 21. The Hall–Kier alpha value is -5.64. The van der Waals surface area contributed by atoms with Crippen LogP contribution in [0.5, 0.6) is 0 Å². The molecule has 1 atom stereocenters. The van der Waals surface area contributed by atoms with Crippen LogP contribution in [0.3, 0.4) is 0 Å². The maximum atomic E-state index is 11.9. The van der Waals surface area contributed by atoms with Gasteiger partial charge in [-0.25, -0.2) is 43.5 Å². The van der Waals surface area contributed by atoms with E-state index in [-0.39, 0.29) is 54.2 Å². The molecule has 50 heavy (non-hydrogen) atoms. The number of isocyanates is 4. The highest BCUT2D eigenvalue weighted by Crippen LogP contribution is 2.18. The number of nitrogens with zero attached hydrogens (tertiary/aromatic N) is 4. The smallest absolute Gasteiger partial charge is 0.407 e. The fourth-order valence-corrected chi connectivity index (χ4v) is 3.53. The number of ether oxygens (including phenoxy) is 2. The van der Waals surface area contributed by atoms with Crippen molar-refractivity contribution in [1.82, 2.24) is 5.32 Å². The zero-order valence-corrected chi connectivity index (χ0v) is 26.6. The lowest BCUT2D eigenvalue weighted by molar-refractivity contribution is -0.288. The Morgan fingerprint density at radius 1 is 0.760 bits per heavy atom. The quantitative estimate of drug-likeness (QED) is 0.0313. The molecule has 2 aromatic rings. The Morgan fingerprint density at radius 2 is 1.36 bits per heavy atom. The van der Waals surface area contributed by atoms with Gasteiger partial charge in [0.25, 0.3) is 0 Å². The van der Waals surface area contributed by atoms with Gasteiger partial charge in [0.15, 0.2) is 6.04 Å². The molecular weight excluding hydrogens is 650 g/mol. The van der Waals surface area contributed by atoms with Gasteiger partial charge >= 0.3 is 12.1 Å². The Morgan fingerprint density at radius 3 is 1.88 bits per heavy atom. The summed E-state index contributed by atoms with van der Waals surface area (Å²) < 4.78 is 9.86. The number of hydrogen-bond donors (Lipinski definition) is 1. The van der Waals surface area contributed by atoms with E-state index in [0.717, 1.165) is 23.1 Å². The van der Waals surface area contributed by atoms with Crippen LogP contribution in [-0.2, 0) is 49.6 Å². The minimum absolute atomic E-state index is 0. The maximum absolute atomic E-state index is 11.9. The lowest BCUT2D eigenvalue weighted by atomic mass is 10.0. The summed E-state index contributed by atoms with van der Waals surface area (Å²) in [7, 11) is 0. The lowest BCUT2D eigenvalue weighted by Gasteiger charge is -2.11. The monoisotopic (exact) mass is 695 g/mol. The number of benzene rings is 2. The molecule has 1 N–H and O–H groups in total. The third kappa shape index (κ3) is 23.6. The number of hydrogen-bond acceptors (Lipinski definition) is 14. The van der Waals surface area contributed by atoms with E-state index < -0.39 is 18.1 Å². The van der Waals surface area contributed by atoms with Crippen molar-refractivity contribution < 1.29 is 48.0 Å². The Balaban J connectivity index is 0. The summed E-state index contributed by atoms with van der Waals surface area (Å²) in [6.45, 7) is 6.36. The number of aliphatic imine (C=N–C) groups is 4. The predicted molar refractivity (Wildman–Crippen MR) is 185 cm³/mol. The van der Waals surface area contributed by atoms with E-state index in [4.69, 9.17) is 19.2 Å². The van der Waals surface area contributed by atoms with Gasteiger partial charge < -0.3 is 14.8 Å². The molecule has 270 valence electrons. The summed E-state index contributed by atoms with van der Waals surface area (Å²) in [5, 5.41) is 2.41. The number of alkyl carbamates (subject to hydrolysis) is 1. The second-order valence-corrected chi connectivity index (χ2v) is 9.75. The van der Waals surface area contributed by atoms with Gasteiger partial charge in [-0.15, -0.1) is 0 Å². The second kappa shape index (κ2) is 30.7. The zero-order chi connectivity index (χ0) is 35.2. The van der Waals surface area contributed by atoms with Crippen LogP contribution in [0.2, 0.25) is 0 Å². The van der Waals surface area contributed by atoms with E-state index in [1.54, 1.807) is 31.2 Å². The molecule has 0 aromatic heterocycles. The van der Waals surface area contributed by atoms with E-state index in [2.05, 4.69) is 31.9 Å². The second-order valence-electron chi connectivity index (χ2n) is 9.75. The minimum Gasteiger partial charge on any atom is -0.462 e. The Bertz CT molecular complexity index is 1410. The molecule has 0 saturated carbocycles. The molecular formula is C35H45N5O10. The van der Waals surface area contributed by atoms with E-state index in [1.807, 2.05) is 24.3 Å². The lowest BCUT2D eigenvalue weighted by Crippen LogP contribution is -2.31. The first-order chi connectivity index (χ1) is 23.3. The molecule has 0 radical (unpaired) electrons. The number of unbranched alkanes of at least 4 members (excludes halogenated alkanes) is 1. The SMILES string of the molecule is C.C.C=C(C)COOCCCOC(=O)NCCOC(=O)C(CCCCN=C=O)N=C=O.O=C=Nc1ccc(Cc2ccc(N=C=O)cc2)cc1. The van der Waals surface area contributed by atoms with E-state index in [9.17, 15) is 28.8 Å². The summed E-state index contributed by atoms with van der Waals surface area (Å²) in [6, 6.07) is 13.7. The topological polar surface area (TPSA) is 201 Å². The first kappa shape index (κ1) is 46.5. The molecule has 1 unspecified atom stereocenters. The van der Waals surface area contributed by atoms with Crippen LogP contribution in [0.25, 0.3) is 0 Å². The number of nitrogens with one attached hydrogen (secondary N) is 1. The average molecular weight is 696 g/mol. The van der Waals surface area contributed by atoms with Crippen LogP contribution < -0.4 is 5.32 Å². The van der Waals surface area contributed by atoms with Gasteiger partial charge in [-0.05, 0) is 68.0 Å². The van der Waals surface area contributed by atoms with Gasteiger partial charge in [-0.3, -0.25) is 0 Å². The van der Waals surface area contributed by atoms with E-state index in [0.29, 0.717) is 37.2 Å². The Labute approximate surface area is 292 Å². The van der Waals surface area contributed by atoms with Crippen molar-refractivity contribution in [3.05, 3.63) is 71.8 Å². The molecule has 0 fully saturated rings. The molecule has 0 bridgehead atoms. The highest BCUT2D eigenvalue weighted by molar-refractivity contribution is 5.77. The van der Waals surface area contributed by atoms with Crippen molar-refractivity contribution in [1.29, 1.82) is 0 Å². The number of carbonyl (C=O) groups is 2. The summed E-state index contributed by atoms with van der Waals surface area (Å²) in [5.41, 5.74) is 4.23. The molecule has 0 aliphatic rings. The molecule has 2 rings (SSSR count). The first-order valence-electron chi connectivity index (χ1n) is 14.7. The van der Waals surface area contributed by atoms with Crippen LogP contribution in [0.4, 0.5) is 16.2 Å². The van der Waals surface area contributed by atoms with E-state index >= 15 is 0 Å². The molecule has 15 nitrogen and oxygen atoms in total. The molecule has 2 aromatic carbocycles. The third-order valence-corrected chi connectivity index (χ3v) is 5.78. The van der Waals surface area contributed by atoms with Crippen LogP contribution in [0.15, 0.2) is 80.7 Å². The standard InChI is InChI=1S/C18H27N3O8.C15H10N2O2.2CH4/c1-15(2)12-29-28-10-5-9-27-18(25)20-8-11-26-17(24)16(21-14-23)6-3-4-7-19-13-22;18-10-16-14-5-1-12(2-6-14)9-13-3-7-15(8-4-13)17-11-19;;/h16H,1,3-12H2,2H3,(H,20,25);1-8H,9H2;2*1H4. The van der Waals surface area contributed by atoms with Crippen molar-refractivity contribution in [2.24, 2.45) is 20.0 Å². The molecule has 1 amide bonds. The first-order valence-corrected chi connectivity index (χ1v) is 14.7. The van der Waals surface area contributed by atoms with Crippen LogP contribution >= 0.6 is 0 Å². The van der Waals surface area contributed by atoms with Crippen LogP contribution in [0.1, 0.15) is 58.6 Å². The summed E-state index contributed by atoms with van der Waals surface area (Å²) in [5.74, 6) is -0.700. The Kier molecular flexibility index (Phi) is 28.5. The van der Waals surface area contributed by atoms with Crippen molar-refractivity contribution in [3.63, 3.8) is 0 Å². The van der Waals surface area contributed by atoms with Crippen molar-refractivity contribution in [2.75, 3.05) is 39.5 Å². The molecule has 15 heteroatoms. The minimum atomic E-state index is -0.980. The van der Waals surface area contributed by atoms with Crippen LogP contribution in [0, 0.1) is 0 Å². The summed E-state index contributed by atoms with van der Waals surface area (Å²) >= 11 is 0. The average Bonchev–Trinajstić information content (AvgIpc) is 3.08. The normalized spacial score (nSPS) is 9.78. The molecule has 0 saturated heterocycles. The predicted octanol–water partition coefficient (Wildman–Crippen LogP) is 5.86. The van der Waals surface area contributed by atoms with Crippen LogP contribution in [-0.4, -0.2) is 81.9 Å². The van der Waals surface area contributed by atoms with Gasteiger partial charge in [0.05, 0.1) is 37.7 Å². The number of amides is 1. The molecule has 0 aliphatic heterocycles. The summed E-state index contributed by atoms with van der Waals surface area (Å²) in [4.78, 5) is 87.5. The fraction of sp³-hybridized carbons (Fsp3) is 0.429.